The van der Waals surface area contributed by atoms with Crippen LogP contribution in [-0.4, -0.2) is 35.8 Å². The van der Waals surface area contributed by atoms with E-state index in [0.29, 0.717) is 16.9 Å². The number of thioether (sulfide) groups is 1. The minimum absolute atomic E-state index is 0.166. The SMILES string of the molecule is CSCC[C@@H](NC(=O)/C(=C\c1ccc(F)cc1)NC(=O)c1ccccc1)C(=O)[O-]. The first-order valence-electron chi connectivity index (χ1n) is 8.75. The van der Waals surface area contributed by atoms with Gasteiger partial charge in [-0.25, -0.2) is 4.39 Å². The normalized spacial score (nSPS) is 12.1. The highest BCUT2D eigenvalue weighted by Crippen LogP contribution is 2.10. The molecule has 0 radical (unpaired) electrons. The molecular formula is C21H20FN2O4S-. The van der Waals surface area contributed by atoms with Crippen LogP contribution in [0.3, 0.4) is 0 Å². The second-order valence-electron chi connectivity index (χ2n) is 6.06. The number of aliphatic carboxylic acids is 1. The van der Waals surface area contributed by atoms with Gasteiger partial charge in [0.1, 0.15) is 11.5 Å². The van der Waals surface area contributed by atoms with Gasteiger partial charge in [0.05, 0.1) is 12.0 Å². The van der Waals surface area contributed by atoms with E-state index < -0.39 is 29.6 Å². The second kappa shape index (κ2) is 11.0. The first-order valence-corrected chi connectivity index (χ1v) is 10.1. The summed E-state index contributed by atoms with van der Waals surface area (Å²) in [6, 6.07) is 12.3. The summed E-state index contributed by atoms with van der Waals surface area (Å²) < 4.78 is 13.1. The molecule has 0 aromatic heterocycles. The van der Waals surface area contributed by atoms with E-state index in [2.05, 4.69) is 10.6 Å². The molecule has 0 fully saturated rings. The molecule has 2 N–H and O–H groups in total. The molecule has 152 valence electrons. The first-order chi connectivity index (χ1) is 13.9. The lowest BCUT2D eigenvalue weighted by atomic mass is 10.1. The maximum Gasteiger partial charge on any atom is 0.268 e. The van der Waals surface area contributed by atoms with Crippen molar-refractivity contribution in [1.82, 2.24) is 10.6 Å². The van der Waals surface area contributed by atoms with E-state index in [0.717, 1.165) is 0 Å². The third kappa shape index (κ3) is 7.08. The zero-order chi connectivity index (χ0) is 21.2. The van der Waals surface area contributed by atoms with Gasteiger partial charge in [-0.15, -0.1) is 0 Å². The molecule has 0 heterocycles. The van der Waals surface area contributed by atoms with Crippen LogP contribution < -0.4 is 15.7 Å². The van der Waals surface area contributed by atoms with E-state index >= 15 is 0 Å². The number of nitrogens with one attached hydrogen (secondary N) is 2. The predicted octanol–water partition coefficient (Wildman–Crippen LogP) is 1.58. The number of amides is 2. The van der Waals surface area contributed by atoms with Crippen LogP contribution in [0.5, 0.6) is 0 Å². The molecule has 6 nitrogen and oxygen atoms in total. The van der Waals surface area contributed by atoms with Gasteiger partial charge >= 0.3 is 0 Å². The summed E-state index contributed by atoms with van der Waals surface area (Å²) in [5.74, 6) is -2.68. The Hall–Kier alpha value is -3.13. The van der Waals surface area contributed by atoms with Crippen LogP contribution in [0, 0.1) is 5.82 Å². The van der Waals surface area contributed by atoms with Gasteiger partial charge in [0, 0.05) is 5.56 Å². The van der Waals surface area contributed by atoms with Crippen molar-refractivity contribution in [2.24, 2.45) is 0 Å². The molecule has 0 unspecified atom stereocenters. The van der Waals surface area contributed by atoms with Gasteiger partial charge < -0.3 is 20.5 Å². The summed E-state index contributed by atoms with van der Waals surface area (Å²) in [6.45, 7) is 0. The molecule has 0 spiro atoms. The van der Waals surface area contributed by atoms with Crippen LogP contribution in [0.1, 0.15) is 22.3 Å². The van der Waals surface area contributed by atoms with Gasteiger partial charge in [0.25, 0.3) is 11.8 Å². The molecule has 2 aromatic rings. The number of rotatable bonds is 9. The maximum absolute atomic E-state index is 13.1. The fourth-order valence-electron chi connectivity index (χ4n) is 2.39. The summed E-state index contributed by atoms with van der Waals surface area (Å²) >= 11 is 1.43. The fraction of sp³-hybridized carbons (Fsp3) is 0.190. The number of hydrogen-bond donors (Lipinski definition) is 2. The minimum Gasteiger partial charge on any atom is -0.548 e. The lowest BCUT2D eigenvalue weighted by molar-refractivity contribution is -0.308. The highest BCUT2D eigenvalue weighted by atomic mass is 32.2. The Morgan fingerprint density at radius 3 is 2.34 bits per heavy atom. The van der Waals surface area contributed by atoms with E-state index in [1.54, 1.807) is 30.3 Å². The van der Waals surface area contributed by atoms with Gasteiger partial charge in [-0.2, -0.15) is 11.8 Å². The van der Waals surface area contributed by atoms with Crippen molar-refractivity contribution in [2.75, 3.05) is 12.0 Å². The van der Waals surface area contributed by atoms with E-state index in [4.69, 9.17) is 0 Å². The molecule has 29 heavy (non-hydrogen) atoms. The third-order valence-electron chi connectivity index (χ3n) is 3.91. The van der Waals surface area contributed by atoms with Gasteiger partial charge in [0.15, 0.2) is 0 Å². The average Bonchev–Trinajstić information content (AvgIpc) is 2.72. The standard InChI is InChI=1S/C21H21FN2O4S/c1-29-12-11-17(21(27)28)23-20(26)18(13-14-7-9-16(22)10-8-14)24-19(25)15-5-3-2-4-6-15/h2-10,13,17H,11-12H2,1H3,(H,23,26)(H,24,25)(H,27,28)/p-1/b18-13+/t17-/m1/s1. The summed E-state index contributed by atoms with van der Waals surface area (Å²) in [5, 5.41) is 16.2. The fourth-order valence-corrected chi connectivity index (χ4v) is 2.86. The highest BCUT2D eigenvalue weighted by molar-refractivity contribution is 7.98. The zero-order valence-electron chi connectivity index (χ0n) is 15.7. The predicted molar refractivity (Wildman–Crippen MR) is 108 cm³/mol. The van der Waals surface area contributed by atoms with Crippen LogP contribution in [0.15, 0.2) is 60.3 Å². The van der Waals surface area contributed by atoms with E-state index in [1.165, 1.54) is 42.1 Å². The van der Waals surface area contributed by atoms with Crippen molar-refractivity contribution >= 4 is 35.6 Å². The van der Waals surface area contributed by atoms with Gasteiger partial charge in [-0.1, -0.05) is 30.3 Å². The molecule has 0 saturated heterocycles. The molecule has 0 aliphatic heterocycles. The molecule has 2 rings (SSSR count). The van der Waals surface area contributed by atoms with Crippen molar-refractivity contribution < 1.29 is 23.9 Å². The number of benzene rings is 2. The Kier molecular flexibility index (Phi) is 8.42. The van der Waals surface area contributed by atoms with Crippen molar-refractivity contribution in [3.8, 4) is 0 Å². The Balaban J connectivity index is 2.27. The summed E-state index contributed by atoms with van der Waals surface area (Å²) in [7, 11) is 0. The van der Waals surface area contributed by atoms with Crippen molar-refractivity contribution in [1.29, 1.82) is 0 Å². The lowest BCUT2D eigenvalue weighted by Gasteiger charge is -2.20. The second-order valence-corrected chi connectivity index (χ2v) is 7.04. The molecule has 2 aromatic carbocycles. The number of hydrogen-bond acceptors (Lipinski definition) is 5. The van der Waals surface area contributed by atoms with Gasteiger partial charge in [0.2, 0.25) is 0 Å². The number of carbonyl (C=O) groups is 3. The smallest absolute Gasteiger partial charge is 0.268 e. The molecule has 2 amide bonds. The lowest BCUT2D eigenvalue weighted by Crippen LogP contribution is -2.50. The van der Waals surface area contributed by atoms with Crippen molar-refractivity contribution in [3.63, 3.8) is 0 Å². The van der Waals surface area contributed by atoms with Crippen LogP contribution in [-0.2, 0) is 9.59 Å². The molecule has 0 aliphatic rings. The first kappa shape index (κ1) is 22.2. The van der Waals surface area contributed by atoms with Crippen molar-refractivity contribution in [2.45, 2.75) is 12.5 Å². The highest BCUT2D eigenvalue weighted by Gasteiger charge is 2.19. The Labute approximate surface area is 172 Å². The molecule has 0 bridgehead atoms. The quantitative estimate of drug-likeness (QED) is 0.606. The Morgan fingerprint density at radius 2 is 1.76 bits per heavy atom. The summed E-state index contributed by atoms with van der Waals surface area (Å²) in [4.78, 5) is 36.5. The summed E-state index contributed by atoms with van der Waals surface area (Å²) in [6.07, 6.45) is 3.33. The monoisotopic (exact) mass is 415 g/mol. The largest absolute Gasteiger partial charge is 0.548 e. The van der Waals surface area contributed by atoms with E-state index in [9.17, 15) is 23.9 Å². The molecule has 1 atom stereocenters. The summed E-state index contributed by atoms with van der Waals surface area (Å²) in [5.41, 5.74) is 0.615. The van der Waals surface area contributed by atoms with Gasteiger partial charge in [-0.05, 0) is 54.3 Å². The molecule has 0 saturated carbocycles. The van der Waals surface area contributed by atoms with Crippen LogP contribution in [0.25, 0.3) is 6.08 Å². The molecular weight excluding hydrogens is 395 g/mol. The van der Waals surface area contributed by atoms with Gasteiger partial charge in [-0.3, -0.25) is 9.59 Å². The minimum atomic E-state index is -1.41. The molecule has 0 aliphatic carbocycles. The number of carboxylic acids is 1. The Morgan fingerprint density at radius 1 is 1.10 bits per heavy atom. The topological polar surface area (TPSA) is 98.3 Å². The zero-order valence-corrected chi connectivity index (χ0v) is 16.5. The third-order valence-corrected chi connectivity index (χ3v) is 4.55. The average molecular weight is 415 g/mol. The maximum atomic E-state index is 13.1. The number of carboxylic acid groups (broad SMARTS) is 1. The van der Waals surface area contributed by atoms with Crippen LogP contribution in [0.2, 0.25) is 0 Å². The molecule has 8 heteroatoms. The van der Waals surface area contributed by atoms with Crippen LogP contribution >= 0.6 is 11.8 Å². The van der Waals surface area contributed by atoms with E-state index in [1.807, 2.05) is 6.26 Å². The van der Waals surface area contributed by atoms with Crippen molar-refractivity contribution in [3.05, 3.63) is 77.2 Å². The number of halogens is 1. The number of carbonyl (C=O) groups excluding carboxylic acids is 3. The van der Waals surface area contributed by atoms with E-state index in [-0.39, 0.29) is 12.1 Å². The van der Waals surface area contributed by atoms with Crippen LogP contribution in [0.4, 0.5) is 4.39 Å². The Bertz CT molecular complexity index is 885.